The molecular formula is C23H30N10O. The van der Waals surface area contributed by atoms with Crippen LogP contribution in [0.2, 0.25) is 0 Å². The Morgan fingerprint density at radius 1 is 1.24 bits per heavy atom. The first-order valence-corrected chi connectivity index (χ1v) is 11.7. The molecule has 3 atom stereocenters. The number of aromatic nitrogens is 6. The molecule has 34 heavy (non-hydrogen) atoms. The summed E-state index contributed by atoms with van der Waals surface area (Å²) in [6.45, 7) is 0.756. The van der Waals surface area contributed by atoms with E-state index in [-0.39, 0.29) is 6.61 Å². The zero-order chi connectivity index (χ0) is 23.7. The molecule has 11 nitrogen and oxygen atoms in total. The maximum absolute atomic E-state index is 9.33. The lowest BCUT2D eigenvalue weighted by Gasteiger charge is -2.42. The van der Waals surface area contributed by atoms with Crippen molar-refractivity contribution in [2.24, 2.45) is 7.05 Å². The van der Waals surface area contributed by atoms with E-state index in [1.54, 1.807) is 16.9 Å². The summed E-state index contributed by atoms with van der Waals surface area (Å²) in [6.07, 6.45) is 8.78. The lowest BCUT2D eigenvalue weighted by molar-refractivity contribution is 0.129. The highest BCUT2D eigenvalue weighted by Gasteiger charge is 2.41. The fourth-order valence-electron chi connectivity index (χ4n) is 5.26. The van der Waals surface area contributed by atoms with Crippen LogP contribution in [0.1, 0.15) is 37.8 Å². The van der Waals surface area contributed by atoms with Gasteiger partial charge < -0.3 is 15.3 Å². The lowest BCUT2D eigenvalue weighted by atomic mass is 9.96. The smallest absolute Gasteiger partial charge is 0.227 e. The minimum Gasteiger partial charge on any atom is -0.390 e. The Morgan fingerprint density at radius 3 is 2.68 bits per heavy atom. The van der Waals surface area contributed by atoms with Crippen LogP contribution in [-0.2, 0) is 13.7 Å². The molecular weight excluding hydrogens is 432 g/mol. The number of rotatable bonds is 8. The van der Waals surface area contributed by atoms with Crippen LogP contribution < -0.4 is 10.2 Å². The van der Waals surface area contributed by atoms with E-state index in [0.717, 1.165) is 30.6 Å². The van der Waals surface area contributed by atoms with Gasteiger partial charge >= 0.3 is 0 Å². The number of piperidine rings is 1. The second-order valence-electron chi connectivity index (χ2n) is 9.17. The third-order valence-corrected chi connectivity index (χ3v) is 6.98. The topological polar surface area (TPSA) is 135 Å². The van der Waals surface area contributed by atoms with E-state index in [0.29, 0.717) is 47.8 Å². The summed E-state index contributed by atoms with van der Waals surface area (Å²) in [5.74, 6) is 1.86. The van der Waals surface area contributed by atoms with Gasteiger partial charge in [-0.2, -0.15) is 20.4 Å². The quantitative estimate of drug-likeness (QED) is 0.460. The van der Waals surface area contributed by atoms with Crippen molar-refractivity contribution in [3.8, 4) is 17.3 Å². The fourth-order valence-corrected chi connectivity index (χ4v) is 5.26. The SMILES string of the molecule is CN(c1nc(Nc2cc(CO)[nH]n2)cc(-c2cnn(C)c2)n1)C1C[C@H]2CC[C@@H](C1)N2CCC#N. The molecule has 0 spiro atoms. The lowest BCUT2D eigenvalue weighted by Crippen LogP contribution is -2.50. The number of nitrogens with zero attached hydrogens (tertiary/aromatic N) is 8. The highest BCUT2D eigenvalue weighted by Crippen LogP contribution is 2.38. The zero-order valence-electron chi connectivity index (χ0n) is 19.5. The molecule has 2 aliphatic rings. The molecule has 2 bridgehead atoms. The molecule has 5 heterocycles. The molecule has 0 saturated carbocycles. The Morgan fingerprint density at radius 2 is 2.03 bits per heavy atom. The van der Waals surface area contributed by atoms with Gasteiger partial charge in [0.05, 0.1) is 30.3 Å². The van der Waals surface area contributed by atoms with Gasteiger partial charge in [-0.1, -0.05) is 0 Å². The Labute approximate surface area is 198 Å². The monoisotopic (exact) mass is 462 g/mol. The summed E-state index contributed by atoms with van der Waals surface area (Å²) in [6, 6.07) is 7.29. The number of anilines is 3. The van der Waals surface area contributed by atoms with Gasteiger partial charge in [-0.15, -0.1) is 0 Å². The molecule has 1 unspecified atom stereocenters. The van der Waals surface area contributed by atoms with Gasteiger partial charge in [0.15, 0.2) is 5.82 Å². The van der Waals surface area contributed by atoms with Crippen molar-refractivity contribution in [1.29, 1.82) is 5.26 Å². The summed E-state index contributed by atoms with van der Waals surface area (Å²) in [5, 5.41) is 32.9. The molecule has 2 aliphatic heterocycles. The van der Waals surface area contributed by atoms with E-state index >= 15 is 0 Å². The molecule has 178 valence electrons. The third kappa shape index (κ3) is 4.47. The Hall–Kier alpha value is -3.49. The van der Waals surface area contributed by atoms with E-state index in [1.807, 2.05) is 19.3 Å². The highest BCUT2D eigenvalue weighted by atomic mass is 16.3. The number of H-pyrrole nitrogens is 1. The first kappa shape index (κ1) is 22.3. The first-order valence-electron chi connectivity index (χ1n) is 11.7. The van der Waals surface area contributed by atoms with E-state index in [4.69, 9.17) is 15.2 Å². The van der Waals surface area contributed by atoms with E-state index in [1.165, 1.54) is 12.8 Å². The van der Waals surface area contributed by atoms with Crippen LogP contribution in [0.25, 0.3) is 11.3 Å². The minimum absolute atomic E-state index is 0.108. The summed E-state index contributed by atoms with van der Waals surface area (Å²) < 4.78 is 1.75. The van der Waals surface area contributed by atoms with E-state index < -0.39 is 0 Å². The molecule has 2 saturated heterocycles. The summed E-state index contributed by atoms with van der Waals surface area (Å²) in [7, 11) is 3.95. The van der Waals surface area contributed by atoms with Crippen molar-refractivity contribution in [2.75, 3.05) is 23.8 Å². The summed E-state index contributed by atoms with van der Waals surface area (Å²) >= 11 is 0. The van der Waals surface area contributed by atoms with E-state index in [2.05, 4.69) is 43.5 Å². The van der Waals surface area contributed by atoms with Gasteiger partial charge in [-0.05, 0) is 25.7 Å². The molecule has 5 rings (SSSR count). The molecule has 0 amide bonds. The number of nitrogens with one attached hydrogen (secondary N) is 2. The number of fused-ring (bicyclic) bond motifs is 2. The number of nitriles is 1. The Balaban J connectivity index is 1.41. The number of aliphatic hydroxyl groups is 1. The fraction of sp³-hybridized carbons (Fsp3) is 0.522. The molecule has 3 N–H and O–H groups in total. The largest absolute Gasteiger partial charge is 0.390 e. The van der Waals surface area contributed by atoms with Crippen LogP contribution in [0, 0.1) is 11.3 Å². The Kier molecular flexibility index (Phi) is 6.17. The maximum Gasteiger partial charge on any atom is 0.227 e. The first-order chi connectivity index (χ1) is 16.5. The number of hydrogen-bond donors (Lipinski definition) is 3. The number of hydrogen-bond acceptors (Lipinski definition) is 9. The number of aryl methyl sites for hydroxylation is 1. The van der Waals surface area contributed by atoms with E-state index in [9.17, 15) is 5.11 Å². The van der Waals surface area contributed by atoms with Crippen LogP contribution in [0.3, 0.4) is 0 Å². The third-order valence-electron chi connectivity index (χ3n) is 6.98. The van der Waals surface area contributed by atoms with Crippen molar-refractivity contribution >= 4 is 17.6 Å². The minimum atomic E-state index is -0.108. The molecule has 3 aromatic heterocycles. The van der Waals surface area contributed by atoms with Crippen LogP contribution in [0.4, 0.5) is 17.6 Å². The molecule has 0 aromatic carbocycles. The zero-order valence-corrected chi connectivity index (χ0v) is 19.5. The van der Waals surface area contributed by atoms with Gasteiger partial charge in [-0.3, -0.25) is 14.7 Å². The van der Waals surface area contributed by atoms with Crippen molar-refractivity contribution in [3.63, 3.8) is 0 Å². The van der Waals surface area contributed by atoms with Crippen LogP contribution in [0.5, 0.6) is 0 Å². The maximum atomic E-state index is 9.33. The molecule has 11 heteroatoms. The number of aliphatic hydroxyl groups excluding tert-OH is 1. The van der Waals surface area contributed by atoms with Crippen molar-refractivity contribution in [3.05, 3.63) is 30.2 Å². The van der Waals surface area contributed by atoms with Crippen LogP contribution in [-0.4, -0.2) is 71.7 Å². The van der Waals surface area contributed by atoms with Crippen molar-refractivity contribution in [1.82, 2.24) is 34.8 Å². The van der Waals surface area contributed by atoms with Crippen LogP contribution in [0.15, 0.2) is 24.5 Å². The van der Waals surface area contributed by atoms with Crippen molar-refractivity contribution in [2.45, 2.75) is 56.8 Å². The summed E-state index contributed by atoms with van der Waals surface area (Å²) in [5.41, 5.74) is 2.31. The molecule has 0 radical (unpaired) electrons. The second kappa shape index (κ2) is 9.40. The van der Waals surface area contributed by atoms with Gasteiger partial charge in [0.1, 0.15) is 5.82 Å². The van der Waals surface area contributed by atoms with Gasteiger partial charge in [0.2, 0.25) is 5.95 Å². The predicted molar refractivity (Wildman–Crippen MR) is 127 cm³/mol. The average molecular weight is 463 g/mol. The molecule has 0 aliphatic carbocycles. The van der Waals surface area contributed by atoms with Gasteiger partial charge in [0.25, 0.3) is 0 Å². The second-order valence-corrected chi connectivity index (χ2v) is 9.17. The normalized spacial score (nSPS) is 22.0. The van der Waals surface area contributed by atoms with Gasteiger partial charge in [0, 0.05) is 69.1 Å². The Bertz CT molecular complexity index is 1170. The number of aromatic amines is 1. The molecule has 2 fully saturated rings. The molecule has 3 aromatic rings. The summed E-state index contributed by atoms with van der Waals surface area (Å²) in [4.78, 5) is 14.4. The van der Waals surface area contributed by atoms with Gasteiger partial charge in [-0.25, -0.2) is 4.98 Å². The predicted octanol–water partition coefficient (Wildman–Crippen LogP) is 2.18. The van der Waals surface area contributed by atoms with Crippen LogP contribution >= 0.6 is 0 Å². The standard InChI is InChI=1S/C23H30N10O/c1-31-13-15(12-25-31)20-11-21(27-22-8-16(14-34)29-30-22)28-23(26-20)32(2)19-9-17-4-5-18(10-19)33(17)7-3-6-24/h8,11-13,17-19,34H,3-5,7,9-10,14H2,1-2H3,(H2,26,27,28,29,30)/t17-,18+,19?. The van der Waals surface area contributed by atoms with Crippen molar-refractivity contribution < 1.29 is 5.11 Å². The average Bonchev–Trinajstić information content (AvgIpc) is 3.54. The highest BCUT2D eigenvalue weighted by molar-refractivity contribution is 5.66.